The smallest absolute Gasteiger partial charge is 0.253 e. The summed E-state index contributed by atoms with van der Waals surface area (Å²) in [5.41, 5.74) is 4.08. The molecule has 0 aliphatic carbocycles. The van der Waals surface area contributed by atoms with Crippen LogP contribution >= 0.6 is 11.6 Å². The fourth-order valence-corrected chi connectivity index (χ4v) is 4.49. The van der Waals surface area contributed by atoms with E-state index in [0.29, 0.717) is 23.7 Å². The molecule has 1 aromatic heterocycles. The maximum absolute atomic E-state index is 12.8. The highest BCUT2D eigenvalue weighted by atomic mass is 35.5. The van der Waals surface area contributed by atoms with Crippen molar-refractivity contribution in [1.82, 2.24) is 19.4 Å². The monoisotopic (exact) mass is 444 g/mol. The van der Waals surface area contributed by atoms with Crippen molar-refractivity contribution >= 4 is 28.5 Å². The molecular weight excluding hydrogens is 420 g/mol. The third-order valence-corrected chi connectivity index (χ3v) is 6.25. The van der Waals surface area contributed by atoms with Crippen LogP contribution in [0.4, 0.5) is 0 Å². The van der Waals surface area contributed by atoms with Gasteiger partial charge >= 0.3 is 0 Å². The lowest BCUT2D eigenvalue weighted by molar-refractivity contribution is 0.0624. The molecule has 0 saturated carbocycles. The maximum Gasteiger partial charge on any atom is 0.253 e. The van der Waals surface area contributed by atoms with Crippen LogP contribution in [0, 0.1) is 0 Å². The highest BCUT2D eigenvalue weighted by molar-refractivity contribution is 6.30. The van der Waals surface area contributed by atoms with Gasteiger partial charge in [0, 0.05) is 43.3 Å². The molecule has 6 heteroatoms. The number of piperazine rings is 1. The molecule has 1 amide bonds. The minimum atomic E-state index is 0.0449. The molecule has 162 valence electrons. The lowest BCUT2D eigenvalue weighted by Crippen LogP contribution is -2.48. The van der Waals surface area contributed by atoms with Crippen LogP contribution in [0.3, 0.4) is 0 Å². The fraction of sp³-hybridized carbons (Fsp3) is 0.231. The van der Waals surface area contributed by atoms with E-state index in [9.17, 15) is 4.79 Å². The summed E-state index contributed by atoms with van der Waals surface area (Å²) in [6, 6.07) is 26.0. The number of halogens is 1. The number of amides is 1. The molecule has 5 nitrogen and oxygen atoms in total. The summed E-state index contributed by atoms with van der Waals surface area (Å²) >= 11 is 6.06. The molecule has 1 aliphatic heterocycles. The predicted octanol–water partition coefficient (Wildman–Crippen LogP) is 4.70. The predicted molar refractivity (Wildman–Crippen MR) is 128 cm³/mol. The Hall–Kier alpha value is -3.15. The van der Waals surface area contributed by atoms with Crippen molar-refractivity contribution < 1.29 is 4.79 Å². The van der Waals surface area contributed by atoms with Crippen LogP contribution < -0.4 is 0 Å². The highest BCUT2D eigenvalue weighted by Crippen LogP contribution is 2.20. The number of aromatic nitrogens is 2. The topological polar surface area (TPSA) is 41.4 Å². The number of para-hydroxylation sites is 2. The Morgan fingerprint density at radius 1 is 0.844 bits per heavy atom. The summed E-state index contributed by atoms with van der Waals surface area (Å²) in [5.74, 6) is 1.10. The van der Waals surface area contributed by atoms with Crippen molar-refractivity contribution in [2.24, 2.45) is 0 Å². The fourth-order valence-electron chi connectivity index (χ4n) is 4.30. The van der Waals surface area contributed by atoms with Gasteiger partial charge in [-0.2, -0.15) is 0 Å². The largest absolute Gasteiger partial charge is 0.336 e. The molecule has 4 aromatic rings. The number of imidazole rings is 1. The van der Waals surface area contributed by atoms with Gasteiger partial charge in [-0.15, -0.1) is 0 Å². The van der Waals surface area contributed by atoms with Crippen LogP contribution in [0.5, 0.6) is 0 Å². The van der Waals surface area contributed by atoms with Gasteiger partial charge in [-0.05, 0) is 35.9 Å². The van der Waals surface area contributed by atoms with Crippen molar-refractivity contribution in [2.75, 3.05) is 26.2 Å². The van der Waals surface area contributed by atoms with E-state index in [4.69, 9.17) is 16.6 Å². The van der Waals surface area contributed by atoms with Gasteiger partial charge in [-0.25, -0.2) is 4.98 Å². The second-order valence-electron chi connectivity index (χ2n) is 8.17. The van der Waals surface area contributed by atoms with Crippen molar-refractivity contribution in [1.29, 1.82) is 0 Å². The quantitative estimate of drug-likeness (QED) is 0.448. The summed E-state index contributed by atoms with van der Waals surface area (Å²) in [6.07, 6.45) is 0. The normalized spacial score (nSPS) is 14.7. The molecule has 0 N–H and O–H groups in total. The number of hydrogen-bond acceptors (Lipinski definition) is 3. The first-order valence-electron chi connectivity index (χ1n) is 10.9. The lowest BCUT2D eigenvalue weighted by Gasteiger charge is -2.34. The van der Waals surface area contributed by atoms with Crippen molar-refractivity contribution in [3.05, 3.63) is 101 Å². The number of nitrogens with zero attached hydrogens (tertiary/aromatic N) is 4. The van der Waals surface area contributed by atoms with Crippen LogP contribution in [0.25, 0.3) is 11.0 Å². The van der Waals surface area contributed by atoms with Crippen LogP contribution in [-0.2, 0) is 13.1 Å². The molecule has 32 heavy (non-hydrogen) atoms. The molecule has 3 aromatic carbocycles. The average Bonchev–Trinajstić information content (AvgIpc) is 3.16. The van der Waals surface area contributed by atoms with Crippen LogP contribution in [0.15, 0.2) is 78.9 Å². The summed E-state index contributed by atoms with van der Waals surface area (Å²) in [7, 11) is 0. The molecule has 1 saturated heterocycles. The number of carbonyl (C=O) groups is 1. The second-order valence-corrected chi connectivity index (χ2v) is 8.60. The third kappa shape index (κ3) is 4.40. The number of carbonyl (C=O) groups excluding carboxylic acids is 1. The number of benzene rings is 3. The zero-order valence-corrected chi connectivity index (χ0v) is 18.6. The number of fused-ring (bicyclic) bond motifs is 1. The van der Waals surface area contributed by atoms with E-state index in [1.165, 1.54) is 5.56 Å². The van der Waals surface area contributed by atoms with E-state index >= 15 is 0 Å². The molecule has 0 atom stereocenters. The van der Waals surface area contributed by atoms with Gasteiger partial charge in [0.15, 0.2) is 0 Å². The SMILES string of the molecule is O=C(c1cccc(Cl)c1)N1CCN(Cc2nc3ccccc3n2Cc2ccccc2)CC1. The Bertz CT molecular complexity index is 1230. The molecule has 2 heterocycles. The first-order valence-corrected chi connectivity index (χ1v) is 11.3. The van der Waals surface area contributed by atoms with Gasteiger partial charge in [0.2, 0.25) is 0 Å². The molecule has 0 bridgehead atoms. The van der Waals surface area contributed by atoms with Crippen LogP contribution in [-0.4, -0.2) is 51.4 Å². The number of hydrogen-bond donors (Lipinski definition) is 0. The highest BCUT2D eigenvalue weighted by Gasteiger charge is 2.24. The van der Waals surface area contributed by atoms with E-state index in [-0.39, 0.29) is 5.91 Å². The van der Waals surface area contributed by atoms with Gasteiger partial charge in [-0.3, -0.25) is 9.69 Å². The Morgan fingerprint density at radius 3 is 2.38 bits per heavy atom. The van der Waals surface area contributed by atoms with E-state index in [0.717, 1.165) is 43.0 Å². The molecular formula is C26H25ClN4O. The van der Waals surface area contributed by atoms with Gasteiger partial charge in [0.25, 0.3) is 5.91 Å². The molecule has 0 radical (unpaired) electrons. The first kappa shape index (κ1) is 20.7. The second kappa shape index (κ2) is 9.15. The first-order chi connectivity index (χ1) is 15.7. The zero-order valence-electron chi connectivity index (χ0n) is 17.8. The van der Waals surface area contributed by atoms with Gasteiger partial charge in [-0.1, -0.05) is 60.1 Å². The van der Waals surface area contributed by atoms with E-state index < -0.39 is 0 Å². The molecule has 1 fully saturated rings. The Balaban J connectivity index is 1.30. The van der Waals surface area contributed by atoms with Crippen LogP contribution in [0.2, 0.25) is 5.02 Å². The lowest BCUT2D eigenvalue weighted by atomic mass is 10.2. The standard InChI is InChI=1S/C26H25ClN4O/c27-22-10-6-9-21(17-22)26(32)30-15-13-29(14-16-30)19-25-28-23-11-4-5-12-24(23)31(25)18-20-7-2-1-3-8-20/h1-12,17H,13-16,18-19H2. The van der Waals surface area contributed by atoms with Gasteiger partial charge in [0.05, 0.1) is 17.6 Å². The summed E-state index contributed by atoms with van der Waals surface area (Å²) < 4.78 is 2.31. The van der Waals surface area contributed by atoms with E-state index in [1.54, 1.807) is 12.1 Å². The zero-order chi connectivity index (χ0) is 21.9. The maximum atomic E-state index is 12.8. The minimum Gasteiger partial charge on any atom is -0.336 e. The minimum absolute atomic E-state index is 0.0449. The van der Waals surface area contributed by atoms with Crippen molar-refractivity contribution in [2.45, 2.75) is 13.1 Å². The Morgan fingerprint density at radius 2 is 1.59 bits per heavy atom. The number of rotatable bonds is 5. The third-order valence-electron chi connectivity index (χ3n) is 6.01. The van der Waals surface area contributed by atoms with Crippen molar-refractivity contribution in [3.63, 3.8) is 0 Å². The van der Waals surface area contributed by atoms with Gasteiger partial charge in [0.1, 0.15) is 5.82 Å². The Labute approximate surface area is 192 Å². The molecule has 0 unspecified atom stereocenters. The summed E-state index contributed by atoms with van der Waals surface area (Å²) in [5, 5.41) is 0.590. The van der Waals surface area contributed by atoms with E-state index in [1.807, 2.05) is 29.2 Å². The van der Waals surface area contributed by atoms with Gasteiger partial charge < -0.3 is 9.47 Å². The van der Waals surface area contributed by atoms with Crippen LogP contribution in [0.1, 0.15) is 21.7 Å². The molecule has 0 spiro atoms. The summed E-state index contributed by atoms with van der Waals surface area (Å²) in [6.45, 7) is 4.60. The van der Waals surface area contributed by atoms with E-state index in [2.05, 4.69) is 51.9 Å². The average molecular weight is 445 g/mol. The van der Waals surface area contributed by atoms with Crippen molar-refractivity contribution in [3.8, 4) is 0 Å². The molecule has 5 rings (SSSR count). The Kier molecular flexibility index (Phi) is 5.93. The molecule has 1 aliphatic rings. The summed E-state index contributed by atoms with van der Waals surface area (Å²) in [4.78, 5) is 22.1.